The average Bonchev–Trinajstić information content (AvgIpc) is 2.94. The second-order valence-electron chi connectivity index (χ2n) is 7.09. The molecule has 1 N–H and O–H groups in total. The number of H-pyrrole nitrogens is 1. The Morgan fingerprint density at radius 1 is 1.08 bits per heavy atom. The van der Waals surface area contributed by atoms with E-state index in [0.717, 1.165) is 16.7 Å². The standard InChI is InChI=1S/C20H22N4S/c1-14-7-5-6-8-16(14)13-21-24-18(22-23-19(24)25)15-9-11-17(12-10-15)20(2,3)4/h5-13H,1-4H3,(H,23,25). The Morgan fingerprint density at radius 3 is 2.40 bits per heavy atom. The summed E-state index contributed by atoms with van der Waals surface area (Å²) in [6.45, 7) is 8.65. The number of hydrogen-bond donors (Lipinski definition) is 1. The van der Waals surface area contributed by atoms with Crippen LogP contribution in [-0.2, 0) is 5.41 Å². The van der Waals surface area contributed by atoms with Crippen LogP contribution in [0, 0.1) is 11.7 Å². The molecule has 1 heterocycles. The predicted octanol–water partition coefficient (Wildman–Crippen LogP) is 5.10. The van der Waals surface area contributed by atoms with Crippen LogP contribution in [0.4, 0.5) is 0 Å². The molecule has 0 amide bonds. The predicted molar refractivity (Wildman–Crippen MR) is 106 cm³/mol. The molecule has 0 saturated heterocycles. The van der Waals surface area contributed by atoms with Gasteiger partial charge in [-0.25, -0.2) is 5.10 Å². The van der Waals surface area contributed by atoms with E-state index in [1.807, 2.05) is 24.4 Å². The summed E-state index contributed by atoms with van der Waals surface area (Å²) in [5.41, 5.74) is 4.59. The lowest BCUT2D eigenvalue weighted by molar-refractivity contribution is 0.590. The van der Waals surface area contributed by atoms with E-state index in [-0.39, 0.29) is 5.41 Å². The minimum atomic E-state index is 0.117. The number of aryl methyl sites for hydroxylation is 1. The number of nitrogens with zero attached hydrogens (tertiary/aromatic N) is 3. The fourth-order valence-corrected chi connectivity index (χ4v) is 2.74. The van der Waals surface area contributed by atoms with Crippen LogP contribution in [0.25, 0.3) is 11.4 Å². The van der Waals surface area contributed by atoms with E-state index < -0.39 is 0 Å². The third-order valence-electron chi connectivity index (χ3n) is 4.16. The molecule has 0 radical (unpaired) electrons. The quantitative estimate of drug-likeness (QED) is 0.528. The minimum absolute atomic E-state index is 0.117. The highest BCUT2D eigenvalue weighted by Crippen LogP contribution is 2.25. The summed E-state index contributed by atoms with van der Waals surface area (Å²) in [7, 11) is 0. The molecule has 0 aliphatic carbocycles. The number of benzene rings is 2. The molecule has 0 atom stereocenters. The van der Waals surface area contributed by atoms with Crippen LogP contribution in [-0.4, -0.2) is 21.1 Å². The zero-order valence-corrected chi connectivity index (χ0v) is 15.8. The largest absolute Gasteiger partial charge is 0.250 e. The zero-order valence-electron chi connectivity index (χ0n) is 14.9. The molecule has 0 aliphatic heterocycles. The molecule has 4 nitrogen and oxygen atoms in total. The van der Waals surface area contributed by atoms with E-state index in [2.05, 4.69) is 73.3 Å². The van der Waals surface area contributed by atoms with Gasteiger partial charge in [0, 0.05) is 5.56 Å². The lowest BCUT2D eigenvalue weighted by Crippen LogP contribution is -2.10. The Labute approximate surface area is 153 Å². The maximum atomic E-state index is 5.34. The van der Waals surface area contributed by atoms with Crippen molar-refractivity contribution in [2.24, 2.45) is 5.10 Å². The summed E-state index contributed by atoms with van der Waals surface area (Å²) in [6, 6.07) is 16.5. The van der Waals surface area contributed by atoms with Crippen LogP contribution in [0.1, 0.15) is 37.5 Å². The van der Waals surface area contributed by atoms with Crippen LogP contribution in [0.5, 0.6) is 0 Å². The van der Waals surface area contributed by atoms with Crippen molar-refractivity contribution in [3.63, 3.8) is 0 Å². The van der Waals surface area contributed by atoms with Gasteiger partial charge in [-0.05, 0) is 41.2 Å². The molecule has 0 unspecified atom stereocenters. The van der Waals surface area contributed by atoms with Gasteiger partial charge in [0.15, 0.2) is 5.82 Å². The highest BCUT2D eigenvalue weighted by Gasteiger charge is 2.14. The first kappa shape index (κ1) is 17.3. The normalized spacial score (nSPS) is 12.0. The first-order valence-corrected chi connectivity index (χ1v) is 8.65. The Bertz CT molecular complexity index is 956. The Morgan fingerprint density at radius 2 is 1.76 bits per heavy atom. The molecule has 5 heteroatoms. The molecule has 0 bridgehead atoms. The van der Waals surface area contributed by atoms with Crippen molar-refractivity contribution in [2.45, 2.75) is 33.1 Å². The number of aromatic nitrogens is 3. The molecule has 0 spiro atoms. The van der Waals surface area contributed by atoms with Gasteiger partial charge in [0.2, 0.25) is 4.77 Å². The molecule has 128 valence electrons. The maximum Gasteiger partial charge on any atom is 0.216 e. The Hall–Kier alpha value is -2.53. The van der Waals surface area contributed by atoms with Gasteiger partial charge in [-0.15, -0.1) is 0 Å². The highest BCUT2D eigenvalue weighted by molar-refractivity contribution is 7.71. The van der Waals surface area contributed by atoms with E-state index in [9.17, 15) is 0 Å². The monoisotopic (exact) mass is 350 g/mol. The van der Waals surface area contributed by atoms with Gasteiger partial charge in [-0.1, -0.05) is 69.3 Å². The molecule has 25 heavy (non-hydrogen) atoms. The molecule has 3 aromatic rings. The molecule has 0 fully saturated rings. The van der Waals surface area contributed by atoms with E-state index in [1.54, 1.807) is 4.68 Å². The summed E-state index contributed by atoms with van der Waals surface area (Å²) >= 11 is 5.34. The van der Waals surface area contributed by atoms with E-state index in [0.29, 0.717) is 10.6 Å². The van der Waals surface area contributed by atoms with E-state index >= 15 is 0 Å². The lowest BCUT2D eigenvalue weighted by atomic mass is 9.87. The van der Waals surface area contributed by atoms with Crippen molar-refractivity contribution in [3.05, 3.63) is 70.0 Å². The van der Waals surface area contributed by atoms with Crippen LogP contribution >= 0.6 is 12.2 Å². The summed E-state index contributed by atoms with van der Waals surface area (Å²) in [5, 5.41) is 11.7. The molecule has 1 aromatic heterocycles. The topological polar surface area (TPSA) is 46.0 Å². The Balaban J connectivity index is 1.97. The fraction of sp³-hybridized carbons (Fsp3) is 0.250. The summed E-state index contributed by atoms with van der Waals surface area (Å²) in [5.74, 6) is 0.704. The zero-order chi connectivity index (χ0) is 18.0. The van der Waals surface area contributed by atoms with Gasteiger partial charge < -0.3 is 0 Å². The van der Waals surface area contributed by atoms with Gasteiger partial charge in [-0.2, -0.15) is 14.9 Å². The van der Waals surface area contributed by atoms with Crippen molar-refractivity contribution in [3.8, 4) is 11.4 Å². The third kappa shape index (κ3) is 3.77. The average molecular weight is 350 g/mol. The van der Waals surface area contributed by atoms with Crippen LogP contribution < -0.4 is 0 Å². The van der Waals surface area contributed by atoms with E-state index in [4.69, 9.17) is 12.2 Å². The second-order valence-corrected chi connectivity index (χ2v) is 7.48. The Kier molecular flexibility index (Phi) is 4.68. The smallest absolute Gasteiger partial charge is 0.216 e. The molecular weight excluding hydrogens is 328 g/mol. The van der Waals surface area contributed by atoms with Crippen molar-refractivity contribution >= 4 is 18.4 Å². The number of aromatic amines is 1. The molecule has 0 aliphatic rings. The summed E-state index contributed by atoms with van der Waals surface area (Å²) in [4.78, 5) is 0. The van der Waals surface area contributed by atoms with Gasteiger partial charge in [0.1, 0.15) is 0 Å². The van der Waals surface area contributed by atoms with Crippen molar-refractivity contribution in [1.82, 2.24) is 14.9 Å². The van der Waals surface area contributed by atoms with Crippen molar-refractivity contribution < 1.29 is 0 Å². The fourth-order valence-electron chi connectivity index (χ4n) is 2.56. The first-order valence-electron chi connectivity index (χ1n) is 8.24. The first-order chi connectivity index (χ1) is 11.9. The van der Waals surface area contributed by atoms with Gasteiger partial charge in [0.05, 0.1) is 6.21 Å². The summed E-state index contributed by atoms with van der Waals surface area (Å²) < 4.78 is 2.13. The van der Waals surface area contributed by atoms with Crippen LogP contribution in [0.15, 0.2) is 53.6 Å². The maximum absolute atomic E-state index is 5.34. The SMILES string of the molecule is Cc1ccccc1C=Nn1c(-c2ccc(C(C)(C)C)cc2)n[nH]c1=S. The summed E-state index contributed by atoms with van der Waals surface area (Å²) in [6.07, 6.45) is 1.81. The van der Waals surface area contributed by atoms with Gasteiger partial charge in [-0.3, -0.25) is 0 Å². The van der Waals surface area contributed by atoms with Crippen molar-refractivity contribution in [2.75, 3.05) is 0 Å². The number of hydrogen-bond acceptors (Lipinski definition) is 3. The highest BCUT2D eigenvalue weighted by atomic mass is 32.1. The van der Waals surface area contributed by atoms with Crippen LogP contribution in [0.3, 0.4) is 0 Å². The van der Waals surface area contributed by atoms with E-state index in [1.165, 1.54) is 5.56 Å². The lowest BCUT2D eigenvalue weighted by Gasteiger charge is -2.18. The van der Waals surface area contributed by atoms with Crippen molar-refractivity contribution in [1.29, 1.82) is 0 Å². The molecule has 3 rings (SSSR count). The molecule has 2 aromatic carbocycles. The molecular formula is C20H22N4S. The number of rotatable bonds is 3. The van der Waals surface area contributed by atoms with Gasteiger partial charge in [0.25, 0.3) is 0 Å². The minimum Gasteiger partial charge on any atom is -0.250 e. The molecule has 0 saturated carbocycles. The van der Waals surface area contributed by atoms with Gasteiger partial charge >= 0.3 is 0 Å². The second kappa shape index (κ2) is 6.76. The number of nitrogens with one attached hydrogen (secondary N) is 1. The van der Waals surface area contributed by atoms with Crippen LogP contribution in [0.2, 0.25) is 0 Å². The third-order valence-corrected chi connectivity index (χ3v) is 4.42.